The zero-order valence-corrected chi connectivity index (χ0v) is 10.8. The molecule has 0 amide bonds. The van der Waals surface area contributed by atoms with Crippen LogP contribution in [-0.4, -0.2) is 4.98 Å². The lowest BCUT2D eigenvalue weighted by Gasteiger charge is -2.15. The molecule has 0 atom stereocenters. The van der Waals surface area contributed by atoms with Gasteiger partial charge in [-0.15, -0.1) is 0 Å². The number of aromatic nitrogens is 1. The van der Waals surface area contributed by atoms with Gasteiger partial charge in [-0.3, -0.25) is 4.98 Å². The molecule has 0 bridgehead atoms. The maximum Gasteiger partial charge on any atom is 0.135 e. The Kier molecular flexibility index (Phi) is 3.95. The number of pyridine rings is 1. The summed E-state index contributed by atoms with van der Waals surface area (Å²) in [5.41, 5.74) is 7.79. The van der Waals surface area contributed by atoms with Gasteiger partial charge in [0.25, 0.3) is 0 Å². The highest BCUT2D eigenvalue weighted by molar-refractivity contribution is 5.41. The van der Waals surface area contributed by atoms with E-state index in [0.717, 1.165) is 17.1 Å². The summed E-state index contributed by atoms with van der Waals surface area (Å²) >= 11 is 0. The fourth-order valence-corrected chi connectivity index (χ4v) is 1.84. The molecular formula is C15H18N2O. The predicted octanol–water partition coefficient (Wildman–Crippen LogP) is 3.46. The van der Waals surface area contributed by atoms with Gasteiger partial charge < -0.3 is 10.5 Å². The van der Waals surface area contributed by atoms with Crippen molar-refractivity contribution in [2.75, 3.05) is 0 Å². The van der Waals surface area contributed by atoms with Gasteiger partial charge in [0.15, 0.2) is 0 Å². The molecule has 0 saturated carbocycles. The topological polar surface area (TPSA) is 48.1 Å². The molecule has 0 saturated heterocycles. The van der Waals surface area contributed by atoms with Gasteiger partial charge in [0.05, 0.1) is 0 Å². The zero-order chi connectivity index (χ0) is 13.0. The van der Waals surface area contributed by atoms with Crippen LogP contribution in [-0.2, 0) is 6.54 Å². The molecule has 1 aromatic carbocycles. The van der Waals surface area contributed by atoms with E-state index in [2.05, 4.69) is 24.9 Å². The average Bonchev–Trinajstić information content (AvgIpc) is 2.40. The summed E-state index contributed by atoms with van der Waals surface area (Å²) in [5, 5.41) is 0. The number of hydrogen-bond donors (Lipinski definition) is 1. The van der Waals surface area contributed by atoms with Crippen LogP contribution in [0.4, 0.5) is 0 Å². The summed E-state index contributed by atoms with van der Waals surface area (Å²) in [6.07, 6.45) is 3.46. The van der Waals surface area contributed by atoms with Crippen LogP contribution in [0.3, 0.4) is 0 Å². The number of benzene rings is 1. The largest absolute Gasteiger partial charge is 0.457 e. The van der Waals surface area contributed by atoms with E-state index < -0.39 is 0 Å². The average molecular weight is 242 g/mol. The lowest BCUT2D eigenvalue weighted by Crippen LogP contribution is -2.01. The predicted molar refractivity (Wildman–Crippen MR) is 72.7 cm³/mol. The van der Waals surface area contributed by atoms with Crippen molar-refractivity contribution in [2.24, 2.45) is 5.73 Å². The Balaban J connectivity index is 2.34. The van der Waals surface area contributed by atoms with Crippen molar-refractivity contribution in [1.29, 1.82) is 0 Å². The second-order valence-corrected chi connectivity index (χ2v) is 4.48. The molecule has 1 heterocycles. The van der Waals surface area contributed by atoms with Crippen LogP contribution in [0, 0.1) is 0 Å². The van der Waals surface area contributed by atoms with E-state index in [1.54, 1.807) is 12.4 Å². The maximum absolute atomic E-state index is 5.97. The first-order valence-corrected chi connectivity index (χ1v) is 6.12. The Morgan fingerprint density at radius 1 is 1.17 bits per heavy atom. The Morgan fingerprint density at radius 3 is 2.67 bits per heavy atom. The van der Waals surface area contributed by atoms with Crippen molar-refractivity contribution in [3.05, 3.63) is 53.9 Å². The van der Waals surface area contributed by atoms with Crippen LogP contribution < -0.4 is 10.5 Å². The highest BCUT2D eigenvalue weighted by Gasteiger charge is 2.09. The Hall–Kier alpha value is -1.87. The molecule has 0 aliphatic rings. The normalized spacial score (nSPS) is 10.7. The molecule has 94 valence electrons. The van der Waals surface area contributed by atoms with Crippen molar-refractivity contribution in [3.63, 3.8) is 0 Å². The summed E-state index contributed by atoms with van der Waals surface area (Å²) in [4.78, 5) is 4.06. The summed E-state index contributed by atoms with van der Waals surface area (Å²) in [6, 6.07) is 9.92. The van der Waals surface area contributed by atoms with Gasteiger partial charge >= 0.3 is 0 Å². The molecule has 3 heteroatoms. The second-order valence-electron chi connectivity index (χ2n) is 4.48. The number of hydrogen-bond acceptors (Lipinski definition) is 3. The van der Waals surface area contributed by atoms with Gasteiger partial charge in [0, 0.05) is 24.5 Å². The van der Waals surface area contributed by atoms with Crippen LogP contribution >= 0.6 is 0 Å². The molecular weight excluding hydrogens is 224 g/mol. The number of nitrogens with zero attached hydrogens (tertiary/aromatic N) is 1. The lowest BCUT2D eigenvalue weighted by atomic mass is 10.0. The smallest absolute Gasteiger partial charge is 0.135 e. The third kappa shape index (κ3) is 2.68. The first-order chi connectivity index (χ1) is 8.72. The van der Waals surface area contributed by atoms with Crippen LogP contribution in [0.1, 0.15) is 30.9 Å². The van der Waals surface area contributed by atoms with E-state index in [9.17, 15) is 0 Å². The van der Waals surface area contributed by atoms with Gasteiger partial charge in [-0.1, -0.05) is 32.0 Å². The van der Waals surface area contributed by atoms with E-state index in [1.807, 2.05) is 24.3 Å². The van der Waals surface area contributed by atoms with E-state index >= 15 is 0 Å². The van der Waals surface area contributed by atoms with Crippen molar-refractivity contribution < 1.29 is 4.74 Å². The van der Waals surface area contributed by atoms with Gasteiger partial charge in [-0.25, -0.2) is 0 Å². The third-order valence-corrected chi connectivity index (χ3v) is 2.84. The van der Waals surface area contributed by atoms with Crippen LogP contribution in [0.25, 0.3) is 0 Å². The molecule has 0 aliphatic carbocycles. The number of rotatable bonds is 4. The minimum Gasteiger partial charge on any atom is -0.457 e. The van der Waals surface area contributed by atoms with Crippen molar-refractivity contribution in [2.45, 2.75) is 26.3 Å². The monoisotopic (exact) mass is 242 g/mol. The molecule has 3 nitrogen and oxygen atoms in total. The molecule has 0 radical (unpaired) electrons. The molecule has 2 aromatic rings. The van der Waals surface area contributed by atoms with Gasteiger partial charge in [0.1, 0.15) is 11.5 Å². The van der Waals surface area contributed by atoms with E-state index in [-0.39, 0.29) is 0 Å². The van der Waals surface area contributed by atoms with E-state index in [0.29, 0.717) is 12.5 Å². The number of nitrogens with two attached hydrogens (primary N) is 1. The number of ether oxygens (including phenoxy) is 1. The SMILES string of the molecule is CC(C)c1ccccc1Oc1ccncc1CN. The van der Waals surface area contributed by atoms with Gasteiger partial charge in [-0.05, 0) is 23.6 Å². The molecule has 0 spiro atoms. The molecule has 2 rings (SSSR count). The Morgan fingerprint density at radius 2 is 1.94 bits per heavy atom. The lowest BCUT2D eigenvalue weighted by molar-refractivity contribution is 0.466. The summed E-state index contributed by atoms with van der Waals surface area (Å²) in [5.74, 6) is 2.08. The summed E-state index contributed by atoms with van der Waals surface area (Å²) < 4.78 is 5.97. The third-order valence-electron chi connectivity index (χ3n) is 2.84. The summed E-state index contributed by atoms with van der Waals surface area (Å²) in [6.45, 7) is 4.73. The highest BCUT2D eigenvalue weighted by Crippen LogP contribution is 2.31. The standard InChI is InChI=1S/C15H18N2O/c1-11(2)13-5-3-4-6-15(13)18-14-7-8-17-10-12(14)9-16/h3-8,10-11H,9,16H2,1-2H3. The molecule has 1 aromatic heterocycles. The minimum atomic E-state index is 0.421. The Labute approximate surface area is 108 Å². The molecule has 0 unspecified atom stereocenters. The first kappa shape index (κ1) is 12.6. The van der Waals surface area contributed by atoms with Crippen molar-refractivity contribution in [1.82, 2.24) is 4.98 Å². The van der Waals surface area contributed by atoms with E-state index in [1.165, 1.54) is 5.56 Å². The first-order valence-electron chi connectivity index (χ1n) is 6.12. The maximum atomic E-state index is 5.97. The quantitative estimate of drug-likeness (QED) is 0.893. The van der Waals surface area contributed by atoms with Crippen molar-refractivity contribution >= 4 is 0 Å². The number of para-hydroxylation sites is 1. The fraction of sp³-hybridized carbons (Fsp3) is 0.267. The van der Waals surface area contributed by atoms with Gasteiger partial charge in [-0.2, -0.15) is 0 Å². The van der Waals surface area contributed by atoms with Gasteiger partial charge in [0.2, 0.25) is 0 Å². The van der Waals surface area contributed by atoms with Crippen LogP contribution in [0.15, 0.2) is 42.7 Å². The molecule has 0 fully saturated rings. The minimum absolute atomic E-state index is 0.421. The second kappa shape index (κ2) is 5.65. The van der Waals surface area contributed by atoms with Crippen molar-refractivity contribution in [3.8, 4) is 11.5 Å². The summed E-state index contributed by atoms with van der Waals surface area (Å²) in [7, 11) is 0. The molecule has 18 heavy (non-hydrogen) atoms. The Bertz CT molecular complexity index is 523. The van der Waals surface area contributed by atoms with Crippen LogP contribution in [0.2, 0.25) is 0 Å². The molecule has 2 N–H and O–H groups in total. The highest BCUT2D eigenvalue weighted by atomic mass is 16.5. The zero-order valence-electron chi connectivity index (χ0n) is 10.8. The fourth-order valence-electron chi connectivity index (χ4n) is 1.84. The van der Waals surface area contributed by atoms with Crippen LogP contribution in [0.5, 0.6) is 11.5 Å². The molecule has 0 aliphatic heterocycles. The van der Waals surface area contributed by atoms with E-state index in [4.69, 9.17) is 10.5 Å².